The predicted octanol–water partition coefficient (Wildman–Crippen LogP) is 3.78. The molecule has 0 radical (unpaired) electrons. The number of benzene rings is 1. The van der Waals surface area contributed by atoms with Crippen LogP contribution in [0.3, 0.4) is 0 Å². The Bertz CT molecular complexity index is 800. The number of halogens is 2. The van der Waals surface area contributed by atoms with Crippen molar-refractivity contribution in [2.45, 2.75) is 24.3 Å². The highest BCUT2D eigenvalue weighted by Gasteiger charge is 2.62. The Labute approximate surface area is 116 Å². The average Bonchev–Trinajstić information content (AvgIpc) is 2.97. The molecule has 1 fully saturated rings. The molecule has 2 atom stereocenters. The van der Waals surface area contributed by atoms with Gasteiger partial charge in [0.05, 0.1) is 2.74 Å². The molecule has 1 aromatic carbocycles. The standard InChI is InChI=1S/C13H10ClFN2S/c14-7-1-2-10(15)8(3-7)13-4-9(13)11-5-16-12(18)17(11)6-13/h1-3,5,9H,4,6H2,(H,16,18)/t9-,13+/m0/s1/i6D2. The lowest BCUT2D eigenvalue weighted by molar-refractivity contribution is 0.530. The third-order valence-corrected chi connectivity index (χ3v) is 4.38. The lowest BCUT2D eigenvalue weighted by Crippen LogP contribution is -2.14. The third-order valence-electron chi connectivity index (χ3n) is 3.84. The number of fused-ring (bicyclic) bond motifs is 3. The van der Waals surface area contributed by atoms with Crippen LogP contribution in [0.15, 0.2) is 24.4 Å². The van der Waals surface area contributed by atoms with Crippen LogP contribution in [0.25, 0.3) is 0 Å². The zero-order chi connectivity index (χ0) is 14.3. The van der Waals surface area contributed by atoms with Crippen LogP contribution in [0.2, 0.25) is 5.02 Å². The van der Waals surface area contributed by atoms with Gasteiger partial charge in [-0.25, -0.2) is 4.39 Å². The topological polar surface area (TPSA) is 20.7 Å². The van der Waals surface area contributed by atoms with Crippen molar-refractivity contribution in [1.82, 2.24) is 9.55 Å². The van der Waals surface area contributed by atoms with Crippen molar-refractivity contribution in [2.24, 2.45) is 0 Å². The Morgan fingerprint density at radius 3 is 3.22 bits per heavy atom. The van der Waals surface area contributed by atoms with Crippen LogP contribution in [-0.2, 0) is 11.9 Å². The number of aromatic amines is 1. The SMILES string of the molecule is [2H]C1([2H])n2c(c[nH]c2=S)[C@@H]2C[C@@]21c1cc(Cl)ccc1F. The van der Waals surface area contributed by atoms with Crippen LogP contribution in [0.4, 0.5) is 4.39 Å². The number of aromatic nitrogens is 2. The van der Waals surface area contributed by atoms with E-state index in [1.165, 1.54) is 22.8 Å². The number of imidazole rings is 1. The second-order valence-electron chi connectivity index (χ2n) is 4.82. The minimum atomic E-state index is -1.75. The normalized spacial score (nSPS) is 32.4. The molecule has 2 heterocycles. The summed E-state index contributed by atoms with van der Waals surface area (Å²) in [4.78, 5) is 2.86. The molecule has 2 aromatic rings. The van der Waals surface area contributed by atoms with Crippen LogP contribution >= 0.6 is 23.8 Å². The van der Waals surface area contributed by atoms with Gasteiger partial charge in [-0.2, -0.15) is 0 Å². The van der Waals surface area contributed by atoms with Gasteiger partial charge in [0, 0.05) is 34.7 Å². The van der Waals surface area contributed by atoms with Gasteiger partial charge in [-0.05, 0) is 42.4 Å². The van der Waals surface area contributed by atoms with Gasteiger partial charge < -0.3 is 9.55 Å². The van der Waals surface area contributed by atoms with E-state index < -0.39 is 17.7 Å². The molecule has 4 rings (SSSR count). The fraction of sp³-hybridized carbons (Fsp3) is 0.308. The van der Waals surface area contributed by atoms with Crippen LogP contribution in [0.1, 0.15) is 26.3 Å². The van der Waals surface area contributed by atoms with Gasteiger partial charge in [0.2, 0.25) is 0 Å². The van der Waals surface area contributed by atoms with Gasteiger partial charge in [-0.1, -0.05) is 11.6 Å². The fourth-order valence-electron chi connectivity index (χ4n) is 2.89. The zero-order valence-electron chi connectivity index (χ0n) is 11.2. The number of hydrogen-bond acceptors (Lipinski definition) is 1. The monoisotopic (exact) mass is 282 g/mol. The summed E-state index contributed by atoms with van der Waals surface area (Å²) in [5.41, 5.74) is 0.262. The van der Waals surface area contributed by atoms with Crippen molar-refractivity contribution in [3.05, 3.63) is 51.3 Å². The summed E-state index contributed by atoms with van der Waals surface area (Å²) in [7, 11) is 0. The molecule has 2 aliphatic rings. The van der Waals surface area contributed by atoms with Crippen molar-refractivity contribution in [2.75, 3.05) is 0 Å². The molecule has 1 aliphatic carbocycles. The van der Waals surface area contributed by atoms with Crippen molar-refractivity contribution in [1.29, 1.82) is 0 Å². The van der Waals surface area contributed by atoms with E-state index in [4.69, 9.17) is 26.6 Å². The second-order valence-corrected chi connectivity index (χ2v) is 5.64. The van der Waals surface area contributed by atoms with E-state index in [0.717, 1.165) is 5.69 Å². The maximum atomic E-state index is 14.2. The van der Waals surface area contributed by atoms with E-state index in [-0.39, 0.29) is 5.92 Å². The summed E-state index contributed by atoms with van der Waals surface area (Å²) in [6, 6.07) is 4.31. The number of H-pyrrole nitrogens is 1. The van der Waals surface area contributed by atoms with E-state index in [1.54, 1.807) is 6.20 Å². The van der Waals surface area contributed by atoms with Crippen LogP contribution in [0.5, 0.6) is 0 Å². The Kier molecular flexibility index (Phi) is 1.60. The Hall–Kier alpha value is -1.13. The largest absolute Gasteiger partial charge is 0.337 e. The van der Waals surface area contributed by atoms with E-state index in [0.29, 0.717) is 21.8 Å². The van der Waals surface area contributed by atoms with Crippen molar-refractivity contribution < 1.29 is 7.13 Å². The lowest BCUT2D eigenvalue weighted by Gasteiger charge is -2.14. The summed E-state index contributed by atoms with van der Waals surface area (Å²) >= 11 is 11.1. The quantitative estimate of drug-likeness (QED) is 0.790. The number of hydrogen-bond donors (Lipinski definition) is 1. The molecular formula is C13H10ClFN2S. The van der Waals surface area contributed by atoms with Gasteiger partial charge >= 0.3 is 0 Å². The summed E-state index contributed by atoms with van der Waals surface area (Å²) < 4.78 is 32.9. The summed E-state index contributed by atoms with van der Waals surface area (Å²) in [6.45, 7) is -1.75. The molecule has 2 nitrogen and oxygen atoms in total. The smallest absolute Gasteiger partial charge is 0.177 e. The van der Waals surface area contributed by atoms with Crippen molar-refractivity contribution in [3.8, 4) is 0 Å². The maximum Gasteiger partial charge on any atom is 0.177 e. The molecule has 5 heteroatoms. The van der Waals surface area contributed by atoms with E-state index in [9.17, 15) is 4.39 Å². The summed E-state index contributed by atoms with van der Waals surface area (Å²) in [6.07, 6.45) is 2.30. The number of nitrogens with zero attached hydrogens (tertiary/aromatic N) is 1. The van der Waals surface area contributed by atoms with Crippen molar-refractivity contribution in [3.63, 3.8) is 0 Å². The van der Waals surface area contributed by atoms with Gasteiger partial charge in [0.25, 0.3) is 0 Å². The molecule has 1 N–H and O–H groups in total. The fourth-order valence-corrected chi connectivity index (χ4v) is 3.28. The molecule has 0 spiro atoms. The molecule has 92 valence electrons. The molecule has 0 unspecified atom stereocenters. The Morgan fingerprint density at radius 1 is 1.61 bits per heavy atom. The van der Waals surface area contributed by atoms with Gasteiger partial charge in [0.15, 0.2) is 4.77 Å². The Balaban J connectivity index is 1.98. The van der Waals surface area contributed by atoms with Gasteiger partial charge in [-0.3, -0.25) is 0 Å². The first-order chi connectivity index (χ1) is 9.39. The van der Waals surface area contributed by atoms with Crippen LogP contribution in [-0.4, -0.2) is 9.55 Å². The van der Waals surface area contributed by atoms with E-state index in [2.05, 4.69) is 4.98 Å². The van der Waals surface area contributed by atoms with Crippen LogP contribution < -0.4 is 0 Å². The minimum Gasteiger partial charge on any atom is -0.337 e. The Morgan fingerprint density at radius 2 is 2.44 bits per heavy atom. The molecule has 1 aliphatic heterocycles. The highest BCUT2D eigenvalue weighted by Crippen LogP contribution is 2.65. The number of nitrogens with one attached hydrogen (secondary N) is 1. The maximum absolute atomic E-state index is 14.2. The second kappa shape index (κ2) is 3.25. The molecular weight excluding hydrogens is 271 g/mol. The van der Waals surface area contributed by atoms with Gasteiger partial charge in [-0.15, -0.1) is 0 Å². The highest BCUT2D eigenvalue weighted by molar-refractivity contribution is 7.71. The first-order valence-electron chi connectivity index (χ1n) is 6.66. The molecule has 0 amide bonds. The lowest BCUT2D eigenvalue weighted by atomic mass is 9.94. The van der Waals surface area contributed by atoms with E-state index >= 15 is 0 Å². The molecule has 0 saturated heterocycles. The minimum absolute atomic E-state index is 0.0570. The summed E-state index contributed by atoms with van der Waals surface area (Å²) in [5.74, 6) is -0.472. The molecule has 1 saturated carbocycles. The first kappa shape index (κ1) is 8.88. The molecule has 1 aromatic heterocycles. The molecule has 18 heavy (non-hydrogen) atoms. The van der Waals surface area contributed by atoms with Crippen molar-refractivity contribution >= 4 is 23.8 Å². The average molecular weight is 283 g/mol. The summed E-state index contributed by atoms with van der Waals surface area (Å²) in [5, 5.41) is 0.416. The third kappa shape index (κ3) is 1.20. The van der Waals surface area contributed by atoms with E-state index in [1.807, 2.05) is 0 Å². The highest BCUT2D eigenvalue weighted by atomic mass is 35.5. The zero-order valence-corrected chi connectivity index (χ0v) is 10.8. The van der Waals surface area contributed by atoms with Crippen LogP contribution in [0, 0.1) is 10.6 Å². The first-order valence-corrected chi connectivity index (χ1v) is 6.44. The number of rotatable bonds is 1. The molecule has 0 bridgehead atoms. The van der Waals surface area contributed by atoms with Gasteiger partial charge in [0.1, 0.15) is 5.82 Å². The predicted molar refractivity (Wildman–Crippen MR) is 70.1 cm³/mol.